The first-order valence-electron chi connectivity index (χ1n) is 5.29. The number of phenolic OH excluding ortho intramolecular Hbond substituents is 1. The lowest BCUT2D eigenvalue weighted by atomic mass is 9.99. The van der Waals surface area contributed by atoms with E-state index in [2.05, 4.69) is 0 Å². The SMILES string of the molecule is O=CC1c2ccccc2-c2c(Cl)cc(O)cc21. The van der Waals surface area contributed by atoms with Crippen molar-refractivity contribution in [3.8, 4) is 16.9 Å². The maximum absolute atomic E-state index is 11.2. The van der Waals surface area contributed by atoms with Crippen LogP contribution in [0.15, 0.2) is 36.4 Å². The number of fused-ring (bicyclic) bond motifs is 3. The number of hydrogen-bond donors (Lipinski definition) is 1. The molecule has 0 fully saturated rings. The molecule has 0 spiro atoms. The third-order valence-electron chi connectivity index (χ3n) is 3.14. The number of benzene rings is 2. The monoisotopic (exact) mass is 244 g/mol. The first kappa shape index (κ1) is 10.4. The molecule has 1 N–H and O–H groups in total. The Labute approximate surface area is 103 Å². The topological polar surface area (TPSA) is 37.3 Å². The number of phenols is 1. The molecule has 17 heavy (non-hydrogen) atoms. The number of halogens is 1. The Morgan fingerprint density at radius 3 is 2.71 bits per heavy atom. The van der Waals surface area contributed by atoms with Crippen molar-refractivity contribution >= 4 is 17.9 Å². The summed E-state index contributed by atoms with van der Waals surface area (Å²) in [4.78, 5) is 11.2. The van der Waals surface area contributed by atoms with Crippen LogP contribution >= 0.6 is 11.6 Å². The van der Waals surface area contributed by atoms with Crippen LogP contribution in [0.5, 0.6) is 5.75 Å². The maximum atomic E-state index is 11.2. The van der Waals surface area contributed by atoms with Crippen LogP contribution in [0.4, 0.5) is 0 Å². The van der Waals surface area contributed by atoms with Gasteiger partial charge >= 0.3 is 0 Å². The molecule has 0 bridgehead atoms. The summed E-state index contributed by atoms with van der Waals surface area (Å²) in [5.41, 5.74) is 3.57. The van der Waals surface area contributed by atoms with E-state index in [0.717, 1.165) is 28.5 Å². The third-order valence-corrected chi connectivity index (χ3v) is 3.44. The summed E-state index contributed by atoms with van der Waals surface area (Å²) in [7, 11) is 0. The Morgan fingerprint density at radius 2 is 1.94 bits per heavy atom. The van der Waals surface area contributed by atoms with E-state index >= 15 is 0 Å². The average molecular weight is 245 g/mol. The molecular formula is C14H9ClO2. The van der Waals surface area contributed by atoms with Gasteiger partial charge in [0, 0.05) is 5.56 Å². The molecule has 0 amide bonds. The molecule has 1 unspecified atom stereocenters. The van der Waals surface area contributed by atoms with Crippen LogP contribution in [-0.4, -0.2) is 11.4 Å². The van der Waals surface area contributed by atoms with Crippen LogP contribution < -0.4 is 0 Å². The number of aromatic hydroxyl groups is 1. The normalized spacial score (nSPS) is 16.4. The summed E-state index contributed by atoms with van der Waals surface area (Å²) in [6, 6.07) is 10.8. The second-order valence-corrected chi connectivity index (χ2v) is 4.50. The Balaban J connectivity index is 2.39. The van der Waals surface area contributed by atoms with Crippen LogP contribution in [0.1, 0.15) is 17.0 Å². The molecule has 1 aliphatic carbocycles. The van der Waals surface area contributed by atoms with Crippen molar-refractivity contribution in [3.05, 3.63) is 52.5 Å². The van der Waals surface area contributed by atoms with Gasteiger partial charge in [-0.25, -0.2) is 0 Å². The standard InChI is InChI=1S/C14H9ClO2/c15-13-6-8(17)5-11-12(7-16)9-3-1-2-4-10(9)14(11)13/h1-7,12,17H. The van der Waals surface area contributed by atoms with Crippen LogP contribution in [0.2, 0.25) is 5.02 Å². The van der Waals surface area contributed by atoms with E-state index in [9.17, 15) is 9.90 Å². The molecule has 0 saturated heterocycles. The molecule has 2 aromatic rings. The average Bonchev–Trinajstić information content (AvgIpc) is 2.62. The van der Waals surface area contributed by atoms with E-state index in [1.807, 2.05) is 24.3 Å². The molecule has 1 atom stereocenters. The predicted octanol–water partition coefficient (Wildman–Crippen LogP) is 3.36. The van der Waals surface area contributed by atoms with E-state index in [0.29, 0.717) is 5.02 Å². The second-order valence-electron chi connectivity index (χ2n) is 4.09. The van der Waals surface area contributed by atoms with Crippen molar-refractivity contribution in [1.29, 1.82) is 0 Å². The molecule has 2 nitrogen and oxygen atoms in total. The fraction of sp³-hybridized carbons (Fsp3) is 0.0714. The highest BCUT2D eigenvalue weighted by Gasteiger charge is 2.30. The molecule has 0 saturated carbocycles. The van der Waals surface area contributed by atoms with E-state index in [4.69, 9.17) is 11.6 Å². The van der Waals surface area contributed by atoms with Gasteiger partial charge in [0.05, 0.1) is 10.9 Å². The fourth-order valence-electron chi connectivity index (χ4n) is 2.45. The number of carbonyl (C=O) groups excluding carboxylic acids is 1. The van der Waals surface area contributed by atoms with E-state index in [-0.39, 0.29) is 11.7 Å². The van der Waals surface area contributed by atoms with Gasteiger partial charge in [0.25, 0.3) is 0 Å². The summed E-state index contributed by atoms with van der Waals surface area (Å²) < 4.78 is 0. The van der Waals surface area contributed by atoms with Crippen LogP contribution in [0.3, 0.4) is 0 Å². The van der Waals surface area contributed by atoms with Crippen LogP contribution in [0, 0.1) is 0 Å². The number of aldehydes is 1. The lowest BCUT2D eigenvalue weighted by Crippen LogP contribution is -1.96. The number of rotatable bonds is 1. The fourth-order valence-corrected chi connectivity index (χ4v) is 2.78. The molecule has 1 aliphatic rings. The van der Waals surface area contributed by atoms with E-state index in [1.165, 1.54) is 6.07 Å². The minimum Gasteiger partial charge on any atom is -0.508 e. The molecule has 0 radical (unpaired) electrons. The van der Waals surface area contributed by atoms with E-state index < -0.39 is 0 Å². The number of carbonyl (C=O) groups is 1. The lowest BCUT2D eigenvalue weighted by Gasteiger charge is -2.06. The van der Waals surface area contributed by atoms with Gasteiger partial charge < -0.3 is 9.90 Å². The van der Waals surface area contributed by atoms with E-state index in [1.54, 1.807) is 6.07 Å². The highest BCUT2D eigenvalue weighted by Crippen LogP contribution is 2.48. The minimum atomic E-state index is -0.328. The molecule has 3 rings (SSSR count). The van der Waals surface area contributed by atoms with Crippen molar-refractivity contribution < 1.29 is 9.90 Å². The smallest absolute Gasteiger partial charge is 0.131 e. The zero-order valence-electron chi connectivity index (χ0n) is 8.85. The zero-order valence-corrected chi connectivity index (χ0v) is 9.61. The van der Waals surface area contributed by atoms with Gasteiger partial charge in [0.15, 0.2) is 0 Å². The molecular weight excluding hydrogens is 236 g/mol. The van der Waals surface area contributed by atoms with Crippen molar-refractivity contribution in [2.24, 2.45) is 0 Å². The molecule has 0 aliphatic heterocycles. The molecule has 0 aromatic heterocycles. The summed E-state index contributed by atoms with van der Waals surface area (Å²) in [6.07, 6.45) is 0.889. The van der Waals surface area contributed by atoms with Gasteiger partial charge in [0.1, 0.15) is 12.0 Å². The highest BCUT2D eigenvalue weighted by atomic mass is 35.5. The van der Waals surface area contributed by atoms with Gasteiger partial charge in [-0.1, -0.05) is 35.9 Å². The van der Waals surface area contributed by atoms with Crippen LogP contribution in [0.25, 0.3) is 11.1 Å². The molecule has 0 heterocycles. The molecule has 2 aromatic carbocycles. The largest absolute Gasteiger partial charge is 0.508 e. The van der Waals surface area contributed by atoms with Crippen molar-refractivity contribution in [1.82, 2.24) is 0 Å². The third kappa shape index (κ3) is 1.38. The van der Waals surface area contributed by atoms with Crippen molar-refractivity contribution in [2.75, 3.05) is 0 Å². The molecule has 84 valence electrons. The quantitative estimate of drug-likeness (QED) is 0.781. The first-order valence-corrected chi connectivity index (χ1v) is 5.67. The van der Waals surface area contributed by atoms with Gasteiger partial charge in [-0.15, -0.1) is 0 Å². The Hall–Kier alpha value is -1.80. The van der Waals surface area contributed by atoms with Crippen molar-refractivity contribution in [2.45, 2.75) is 5.92 Å². The highest BCUT2D eigenvalue weighted by molar-refractivity contribution is 6.34. The summed E-state index contributed by atoms with van der Waals surface area (Å²) >= 11 is 6.15. The Bertz CT molecular complexity index is 620. The summed E-state index contributed by atoms with van der Waals surface area (Å²) in [5, 5.41) is 10.1. The van der Waals surface area contributed by atoms with Gasteiger partial charge in [-0.3, -0.25) is 0 Å². The first-order chi connectivity index (χ1) is 8.22. The zero-order chi connectivity index (χ0) is 12.0. The minimum absolute atomic E-state index is 0.0911. The molecule has 3 heteroatoms. The predicted molar refractivity (Wildman–Crippen MR) is 66.5 cm³/mol. The lowest BCUT2D eigenvalue weighted by molar-refractivity contribution is -0.108. The summed E-state index contributed by atoms with van der Waals surface area (Å²) in [6.45, 7) is 0. The van der Waals surface area contributed by atoms with Crippen LogP contribution in [-0.2, 0) is 4.79 Å². The van der Waals surface area contributed by atoms with Gasteiger partial charge in [-0.2, -0.15) is 0 Å². The second kappa shape index (κ2) is 3.60. The van der Waals surface area contributed by atoms with Gasteiger partial charge in [-0.05, 0) is 28.8 Å². The van der Waals surface area contributed by atoms with Gasteiger partial charge in [0.2, 0.25) is 0 Å². The summed E-state index contributed by atoms with van der Waals surface area (Å²) in [5.74, 6) is -0.237. The maximum Gasteiger partial charge on any atom is 0.131 e. The number of hydrogen-bond acceptors (Lipinski definition) is 2. The van der Waals surface area contributed by atoms with Crippen molar-refractivity contribution in [3.63, 3.8) is 0 Å². The Kier molecular flexibility index (Phi) is 2.20. The Morgan fingerprint density at radius 1 is 1.18 bits per heavy atom.